The minimum Gasteiger partial charge on any atom is -0.494 e. The minimum absolute atomic E-state index is 0.133. The lowest BCUT2D eigenvalue weighted by molar-refractivity contribution is 0.386. The second-order valence-corrected chi connectivity index (χ2v) is 8.16. The maximum atomic E-state index is 14.1. The Morgan fingerprint density at radius 2 is 1.81 bits per heavy atom. The molecule has 0 atom stereocenters. The van der Waals surface area contributed by atoms with Crippen LogP contribution in [0.25, 0.3) is 16.6 Å². The molecule has 0 saturated carbocycles. The topological polar surface area (TPSA) is 47.4 Å². The van der Waals surface area contributed by atoms with E-state index in [0.717, 1.165) is 16.9 Å². The van der Waals surface area contributed by atoms with Crippen LogP contribution in [0.2, 0.25) is 0 Å². The molecule has 0 saturated heterocycles. The number of methoxy groups -OCH3 is 1. The van der Waals surface area contributed by atoms with E-state index >= 15 is 0 Å². The minimum atomic E-state index is -0.413. The first-order valence-electron chi connectivity index (χ1n) is 9.72. The van der Waals surface area contributed by atoms with Crippen molar-refractivity contribution in [3.05, 3.63) is 88.5 Å². The second kappa shape index (κ2) is 8.81. The normalized spacial score (nSPS) is 11.0. The van der Waals surface area contributed by atoms with Crippen LogP contribution in [0.1, 0.15) is 5.56 Å². The van der Waals surface area contributed by atoms with Gasteiger partial charge in [-0.1, -0.05) is 30.0 Å². The third-order valence-electron chi connectivity index (χ3n) is 4.95. The van der Waals surface area contributed by atoms with E-state index in [2.05, 4.69) is 0 Å². The Balaban J connectivity index is 1.77. The van der Waals surface area contributed by atoms with Crippen molar-refractivity contribution < 1.29 is 9.13 Å². The molecule has 31 heavy (non-hydrogen) atoms. The van der Waals surface area contributed by atoms with Crippen LogP contribution in [0.3, 0.4) is 0 Å². The van der Waals surface area contributed by atoms with Crippen LogP contribution in [0.4, 0.5) is 10.1 Å². The average Bonchev–Trinajstić information content (AvgIpc) is 2.78. The van der Waals surface area contributed by atoms with Crippen LogP contribution >= 0.6 is 11.8 Å². The number of halogens is 1. The van der Waals surface area contributed by atoms with Crippen LogP contribution in [0.15, 0.2) is 76.7 Å². The van der Waals surface area contributed by atoms with E-state index in [4.69, 9.17) is 9.72 Å². The molecule has 0 N–H and O–H groups in total. The summed E-state index contributed by atoms with van der Waals surface area (Å²) in [4.78, 5) is 20.1. The van der Waals surface area contributed by atoms with E-state index in [0.29, 0.717) is 21.8 Å². The quantitative estimate of drug-likeness (QED) is 0.319. The average molecular weight is 436 g/mol. The molecule has 7 heteroatoms. The molecule has 4 aromatic rings. The van der Waals surface area contributed by atoms with Crippen LogP contribution in [-0.2, 0) is 5.75 Å². The molecule has 0 bridgehead atoms. The predicted octanol–water partition coefficient (Wildman–Crippen LogP) is 4.89. The maximum Gasteiger partial charge on any atom is 0.266 e. The van der Waals surface area contributed by atoms with E-state index in [1.165, 1.54) is 24.9 Å². The van der Waals surface area contributed by atoms with Gasteiger partial charge in [-0.05, 0) is 54.1 Å². The third-order valence-corrected chi connectivity index (χ3v) is 5.96. The number of rotatable bonds is 6. The summed E-state index contributed by atoms with van der Waals surface area (Å²) < 4.78 is 20.7. The number of anilines is 1. The van der Waals surface area contributed by atoms with Crippen molar-refractivity contribution in [2.75, 3.05) is 26.1 Å². The number of ether oxygens (including phenoxy) is 1. The first-order valence-corrected chi connectivity index (χ1v) is 10.7. The molecule has 0 amide bonds. The van der Waals surface area contributed by atoms with Gasteiger partial charge in [0.25, 0.3) is 5.56 Å². The second-order valence-electron chi connectivity index (χ2n) is 7.22. The number of benzene rings is 3. The molecule has 0 aliphatic rings. The summed E-state index contributed by atoms with van der Waals surface area (Å²) in [5.74, 6) is 0.251. The van der Waals surface area contributed by atoms with E-state index in [1.807, 2.05) is 67.5 Å². The van der Waals surface area contributed by atoms with Crippen molar-refractivity contribution in [1.29, 1.82) is 0 Å². The van der Waals surface area contributed by atoms with Crippen LogP contribution in [-0.4, -0.2) is 30.8 Å². The standard InChI is InChI=1S/C24H22FN3O2S/c1-27(2)17-9-11-18(12-10-17)28-23(29)19-6-4-5-7-21(19)26-24(28)31-15-16-8-13-22(30-3)20(25)14-16/h4-14H,15H2,1-3H3. The molecule has 1 aromatic heterocycles. The number of thioether (sulfide) groups is 1. The van der Waals surface area contributed by atoms with E-state index in [-0.39, 0.29) is 11.3 Å². The van der Waals surface area contributed by atoms with Gasteiger partial charge >= 0.3 is 0 Å². The van der Waals surface area contributed by atoms with Crippen molar-refractivity contribution in [2.45, 2.75) is 10.9 Å². The summed E-state index contributed by atoms with van der Waals surface area (Å²) in [6, 6.07) is 19.9. The Labute approximate surface area is 184 Å². The fraction of sp³-hybridized carbons (Fsp3) is 0.167. The molecule has 5 nitrogen and oxygen atoms in total. The summed E-state index contributed by atoms with van der Waals surface area (Å²) in [5, 5.41) is 1.11. The summed E-state index contributed by atoms with van der Waals surface area (Å²) in [6.45, 7) is 0. The van der Waals surface area contributed by atoms with Gasteiger partial charge in [0.15, 0.2) is 16.7 Å². The molecule has 0 aliphatic carbocycles. The molecule has 3 aromatic carbocycles. The Hall–Kier alpha value is -3.32. The van der Waals surface area contributed by atoms with E-state index in [1.54, 1.807) is 16.7 Å². The van der Waals surface area contributed by atoms with Gasteiger partial charge in [0.2, 0.25) is 0 Å². The summed E-state index contributed by atoms with van der Waals surface area (Å²) in [7, 11) is 5.37. The van der Waals surface area contributed by atoms with Gasteiger partial charge in [-0.3, -0.25) is 9.36 Å². The van der Waals surface area contributed by atoms with Gasteiger partial charge < -0.3 is 9.64 Å². The maximum absolute atomic E-state index is 14.1. The molecule has 0 fully saturated rings. The lowest BCUT2D eigenvalue weighted by Gasteiger charge is -2.16. The van der Waals surface area contributed by atoms with Gasteiger partial charge in [-0.25, -0.2) is 9.37 Å². The fourth-order valence-electron chi connectivity index (χ4n) is 3.28. The molecule has 1 heterocycles. The number of para-hydroxylation sites is 1. The largest absolute Gasteiger partial charge is 0.494 e. The lowest BCUT2D eigenvalue weighted by Crippen LogP contribution is -2.22. The molecular formula is C24H22FN3O2S. The highest BCUT2D eigenvalue weighted by Crippen LogP contribution is 2.27. The fourth-order valence-corrected chi connectivity index (χ4v) is 4.24. The summed E-state index contributed by atoms with van der Waals surface area (Å²) in [6.07, 6.45) is 0. The molecule has 0 radical (unpaired) electrons. The highest BCUT2D eigenvalue weighted by atomic mass is 32.2. The highest BCUT2D eigenvalue weighted by molar-refractivity contribution is 7.98. The number of nitrogens with zero attached hydrogens (tertiary/aromatic N) is 3. The predicted molar refractivity (Wildman–Crippen MR) is 124 cm³/mol. The Bertz CT molecular complexity index is 1290. The molecule has 0 spiro atoms. The summed E-state index contributed by atoms with van der Waals surface area (Å²) >= 11 is 1.39. The van der Waals surface area contributed by atoms with Crippen molar-refractivity contribution in [3.63, 3.8) is 0 Å². The zero-order chi connectivity index (χ0) is 22.0. The third kappa shape index (κ3) is 4.27. The lowest BCUT2D eigenvalue weighted by atomic mass is 10.2. The number of fused-ring (bicyclic) bond motifs is 1. The summed E-state index contributed by atoms with van der Waals surface area (Å²) in [5.41, 5.74) is 3.05. The van der Waals surface area contributed by atoms with Gasteiger partial charge in [-0.15, -0.1) is 0 Å². The van der Waals surface area contributed by atoms with Gasteiger partial charge in [-0.2, -0.15) is 0 Å². The van der Waals surface area contributed by atoms with Gasteiger partial charge in [0.05, 0.1) is 23.7 Å². The number of aromatic nitrogens is 2. The zero-order valence-corrected chi connectivity index (χ0v) is 18.3. The first-order chi connectivity index (χ1) is 15.0. The van der Waals surface area contributed by atoms with E-state index in [9.17, 15) is 9.18 Å². The number of hydrogen-bond acceptors (Lipinski definition) is 5. The van der Waals surface area contributed by atoms with E-state index < -0.39 is 5.82 Å². The first kappa shape index (κ1) is 20.9. The number of hydrogen-bond donors (Lipinski definition) is 0. The molecule has 0 aliphatic heterocycles. The van der Waals surface area contributed by atoms with Crippen LogP contribution in [0, 0.1) is 5.82 Å². The van der Waals surface area contributed by atoms with Crippen molar-refractivity contribution in [2.24, 2.45) is 0 Å². The molecule has 158 valence electrons. The van der Waals surface area contributed by atoms with Crippen LogP contribution < -0.4 is 15.2 Å². The molecular weight excluding hydrogens is 413 g/mol. The van der Waals surface area contributed by atoms with Crippen molar-refractivity contribution in [1.82, 2.24) is 9.55 Å². The van der Waals surface area contributed by atoms with Crippen LogP contribution in [0.5, 0.6) is 5.75 Å². The molecule has 0 unspecified atom stereocenters. The Morgan fingerprint density at radius 3 is 2.48 bits per heavy atom. The monoisotopic (exact) mass is 435 g/mol. The molecule has 4 rings (SSSR count). The van der Waals surface area contributed by atoms with Gasteiger partial charge in [0.1, 0.15) is 0 Å². The highest BCUT2D eigenvalue weighted by Gasteiger charge is 2.14. The van der Waals surface area contributed by atoms with Gasteiger partial charge in [0, 0.05) is 25.5 Å². The van der Waals surface area contributed by atoms with Crippen molar-refractivity contribution >= 4 is 28.4 Å². The smallest absolute Gasteiger partial charge is 0.266 e. The Kier molecular flexibility index (Phi) is 5.95. The zero-order valence-electron chi connectivity index (χ0n) is 17.5. The Morgan fingerprint density at radius 1 is 1.06 bits per heavy atom. The van der Waals surface area contributed by atoms with Crippen molar-refractivity contribution in [3.8, 4) is 11.4 Å². The SMILES string of the molecule is COc1ccc(CSc2nc3ccccc3c(=O)n2-c2ccc(N(C)C)cc2)cc1F.